The Morgan fingerprint density at radius 3 is 2.48 bits per heavy atom. The number of fused-ring (bicyclic) bond motifs is 2. The lowest BCUT2D eigenvalue weighted by atomic mass is 10.1. The predicted octanol–water partition coefficient (Wildman–Crippen LogP) is 1.40. The highest BCUT2D eigenvalue weighted by Gasteiger charge is 2.20. The number of pyridine rings is 1. The number of rotatable bonds is 4. The van der Waals surface area contributed by atoms with Gasteiger partial charge in [-0.15, -0.1) is 0 Å². The Balaban J connectivity index is 1.46. The first-order valence-electron chi connectivity index (χ1n) is 9.59. The van der Waals surface area contributed by atoms with E-state index in [2.05, 4.69) is 16.8 Å². The molecule has 0 saturated carbocycles. The Labute approximate surface area is 157 Å². The minimum atomic E-state index is -0.150. The number of aromatic nitrogens is 1. The molecule has 1 amide bonds. The van der Waals surface area contributed by atoms with E-state index in [1.165, 1.54) is 0 Å². The number of benzene rings is 1. The van der Waals surface area contributed by atoms with Gasteiger partial charge in [0.2, 0.25) is 5.91 Å². The molecule has 1 N–H and O–H groups in total. The Hall–Kier alpha value is -2.54. The third-order valence-electron chi connectivity index (χ3n) is 5.36. The van der Waals surface area contributed by atoms with Gasteiger partial charge in [0.05, 0.1) is 5.52 Å². The van der Waals surface area contributed by atoms with Crippen LogP contribution >= 0.6 is 0 Å². The van der Waals surface area contributed by atoms with Crippen LogP contribution in [0, 0.1) is 0 Å². The van der Waals surface area contributed by atoms with Crippen LogP contribution in [-0.2, 0) is 11.2 Å². The zero-order valence-corrected chi connectivity index (χ0v) is 15.6. The quantitative estimate of drug-likeness (QED) is 0.879. The second-order valence-corrected chi connectivity index (χ2v) is 7.02. The smallest absolute Gasteiger partial charge is 0.251 e. The number of likely N-dealkylation sites (N-methyl/N-ethyl adjacent to an activating group) is 1. The van der Waals surface area contributed by atoms with Crippen molar-refractivity contribution in [2.45, 2.75) is 19.8 Å². The van der Waals surface area contributed by atoms with Gasteiger partial charge in [0.15, 0.2) is 11.5 Å². The van der Waals surface area contributed by atoms with Gasteiger partial charge < -0.3 is 24.3 Å². The van der Waals surface area contributed by atoms with Crippen LogP contribution in [-0.4, -0.2) is 66.6 Å². The molecule has 0 unspecified atom stereocenters. The van der Waals surface area contributed by atoms with Crippen LogP contribution in [0.1, 0.15) is 18.9 Å². The summed E-state index contributed by atoms with van der Waals surface area (Å²) < 4.78 is 11.2. The lowest BCUT2D eigenvalue weighted by Gasteiger charge is -2.34. The van der Waals surface area contributed by atoms with E-state index in [0.717, 1.165) is 43.6 Å². The summed E-state index contributed by atoms with van der Waals surface area (Å²) in [6, 6.07) is 5.54. The van der Waals surface area contributed by atoms with Crippen LogP contribution in [0.5, 0.6) is 11.5 Å². The fraction of sp³-hybridized carbons (Fsp3) is 0.500. The summed E-state index contributed by atoms with van der Waals surface area (Å²) >= 11 is 0. The summed E-state index contributed by atoms with van der Waals surface area (Å²) in [5.41, 5.74) is 1.19. The topological polar surface area (TPSA) is 74.9 Å². The number of H-pyrrole nitrogens is 1. The molecule has 0 aliphatic carbocycles. The number of amides is 1. The molecule has 144 valence electrons. The summed E-state index contributed by atoms with van der Waals surface area (Å²) in [5, 5.41) is 0.887. The van der Waals surface area contributed by atoms with Crippen LogP contribution in [0.15, 0.2) is 23.0 Å². The molecule has 7 nitrogen and oxygen atoms in total. The number of carbonyl (C=O) groups is 1. The average Bonchev–Trinajstić information content (AvgIpc) is 2.70. The van der Waals surface area contributed by atoms with E-state index in [-0.39, 0.29) is 11.5 Å². The monoisotopic (exact) mass is 371 g/mol. The standard InChI is InChI=1S/C20H25N3O4/c1-2-22-5-7-23(8-6-22)19(24)4-3-14-11-15-12-17-18(27-10-9-26-17)13-16(15)21-20(14)25/h11-13H,2-10H2,1H3,(H,21,25). The predicted molar refractivity (Wildman–Crippen MR) is 103 cm³/mol. The number of carbonyl (C=O) groups excluding carboxylic acids is 1. The van der Waals surface area contributed by atoms with Gasteiger partial charge in [-0.1, -0.05) is 6.92 Å². The van der Waals surface area contributed by atoms with Gasteiger partial charge in [0.25, 0.3) is 5.56 Å². The summed E-state index contributed by atoms with van der Waals surface area (Å²) in [6.45, 7) is 7.57. The van der Waals surface area contributed by atoms with Crippen molar-refractivity contribution < 1.29 is 14.3 Å². The molecule has 4 rings (SSSR count). The largest absolute Gasteiger partial charge is 0.486 e. The summed E-state index contributed by atoms with van der Waals surface area (Å²) in [4.78, 5) is 32.0. The third kappa shape index (κ3) is 3.78. The first kappa shape index (κ1) is 17.9. The molecule has 2 aliphatic heterocycles. The van der Waals surface area contributed by atoms with Gasteiger partial charge in [0, 0.05) is 49.6 Å². The molecule has 2 aliphatic rings. The molecule has 0 spiro atoms. The van der Waals surface area contributed by atoms with E-state index in [4.69, 9.17) is 9.47 Å². The number of piperazine rings is 1. The van der Waals surface area contributed by atoms with E-state index in [0.29, 0.717) is 43.1 Å². The Morgan fingerprint density at radius 1 is 1.07 bits per heavy atom. The van der Waals surface area contributed by atoms with Crippen molar-refractivity contribution in [2.24, 2.45) is 0 Å². The minimum absolute atomic E-state index is 0.118. The summed E-state index contributed by atoms with van der Waals surface area (Å²) in [5.74, 6) is 1.46. The molecule has 1 aromatic heterocycles. The third-order valence-corrected chi connectivity index (χ3v) is 5.36. The molecule has 1 aromatic carbocycles. The van der Waals surface area contributed by atoms with Gasteiger partial charge in [-0.05, 0) is 25.1 Å². The van der Waals surface area contributed by atoms with Crippen molar-refractivity contribution in [2.75, 3.05) is 45.9 Å². The number of nitrogens with one attached hydrogen (secondary N) is 1. The normalized spacial score (nSPS) is 17.3. The van der Waals surface area contributed by atoms with Crippen molar-refractivity contribution >= 4 is 16.8 Å². The van der Waals surface area contributed by atoms with E-state index in [1.54, 1.807) is 6.07 Å². The van der Waals surface area contributed by atoms with Crippen LogP contribution in [0.4, 0.5) is 0 Å². The van der Waals surface area contributed by atoms with Gasteiger partial charge in [-0.2, -0.15) is 0 Å². The van der Waals surface area contributed by atoms with Crippen molar-refractivity contribution in [1.29, 1.82) is 0 Å². The molecule has 0 atom stereocenters. The number of aromatic amines is 1. The highest BCUT2D eigenvalue weighted by molar-refractivity contribution is 5.83. The van der Waals surface area contributed by atoms with Crippen LogP contribution in [0.3, 0.4) is 0 Å². The number of aryl methyl sites for hydroxylation is 1. The summed E-state index contributed by atoms with van der Waals surface area (Å²) in [6.07, 6.45) is 0.789. The molecule has 1 fully saturated rings. The molecular formula is C20H25N3O4. The lowest BCUT2D eigenvalue weighted by molar-refractivity contribution is -0.132. The molecule has 27 heavy (non-hydrogen) atoms. The Kier molecular flexibility index (Phi) is 5.03. The molecule has 0 radical (unpaired) electrons. The van der Waals surface area contributed by atoms with Gasteiger partial charge in [-0.25, -0.2) is 0 Å². The van der Waals surface area contributed by atoms with E-state index in [9.17, 15) is 9.59 Å². The Bertz CT molecular complexity index is 900. The van der Waals surface area contributed by atoms with Crippen molar-refractivity contribution in [1.82, 2.24) is 14.8 Å². The number of ether oxygens (including phenoxy) is 2. The SMILES string of the molecule is CCN1CCN(C(=O)CCc2cc3cc4c(cc3[nH]c2=O)OCCO4)CC1. The zero-order valence-electron chi connectivity index (χ0n) is 15.6. The van der Waals surface area contributed by atoms with Crippen LogP contribution in [0.25, 0.3) is 10.9 Å². The van der Waals surface area contributed by atoms with Crippen molar-refractivity contribution in [3.63, 3.8) is 0 Å². The molecule has 2 aromatic rings. The zero-order chi connectivity index (χ0) is 18.8. The molecule has 0 bridgehead atoms. The van der Waals surface area contributed by atoms with E-state index >= 15 is 0 Å². The maximum Gasteiger partial charge on any atom is 0.251 e. The van der Waals surface area contributed by atoms with Gasteiger partial charge >= 0.3 is 0 Å². The number of nitrogens with zero attached hydrogens (tertiary/aromatic N) is 2. The molecule has 1 saturated heterocycles. The van der Waals surface area contributed by atoms with Gasteiger partial charge in [0.1, 0.15) is 13.2 Å². The Morgan fingerprint density at radius 2 is 1.78 bits per heavy atom. The van der Waals surface area contributed by atoms with Crippen molar-refractivity contribution in [3.05, 3.63) is 34.1 Å². The first-order valence-corrected chi connectivity index (χ1v) is 9.59. The van der Waals surface area contributed by atoms with Gasteiger partial charge in [-0.3, -0.25) is 9.59 Å². The van der Waals surface area contributed by atoms with Crippen molar-refractivity contribution in [3.8, 4) is 11.5 Å². The minimum Gasteiger partial charge on any atom is -0.486 e. The molecule has 3 heterocycles. The fourth-order valence-electron chi connectivity index (χ4n) is 3.69. The summed E-state index contributed by atoms with van der Waals surface area (Å²) in [7, 11) is 0. The first-order chi connectivity index (χ1) is 13.1. The fourth-order valence-corrected chi connectivity index (χ4v) is 3.69. The van der Waals surface area contributed by atoms with Crippen LogP contribution < -0.4 is 15.0 Å². The molecule has 7 heteroatoms. The average molecular weight is 371 g/mol. The maximum absolute atomic E-state index is 12.5. The number of hydrogen-bond acceptors (Lipinski definition) is 5. The second-order valence-electron chi connectivity index (χ2n) is 7.02. The molecular weight excluding hydrogens is 346 g/mol. The van der Waals surface area contributed by atoms with E-state index in [1.807, 2.05) is 17.0 Å². The van der Waals surface area contributed by atoms with Crippen LogP contribution in [0.2, 0.25) is 0 Å². The van der Waals surface area contributed by atoms with E-state index < -0.39 is 0 Å². The maximum atomic E-state index is 12.5. The number of hydrogen-bond donors (Lipinski definition) is 1. The lowest BCUT2D eigenvalue weighted by Crippen LogP contribution is -2.48. The second kappa shape index (κ2) is 7.60. The highest BCUT2D eigenvalue weighted by Crippen LogP contribution is 2.33. The highest BCUT2D eigenvalue weighted by atomic mass is 16.6.